The SMILES string of the molecule is C=CCCCCCCCCCOc1ccc(C(=O)Oc2ccc(-c3ccc(C(=O)O[C@H](C)CCCCCC)cc3)cc2)cc1. The van der Waals surface area contributed by atoms with E-state index in [-0.39, 0.29) is 12.1 Å². The number of benzene rings is 3. The van der Waals surface area contributed by atoms with Gasteiger partial charge in [-0.05, 0) is 98.7 Å². The molecular weight excluding hydrogens is 548 g/mol. The van der Waals surface area contributed by atoms with Gasteiger partial charge in [0.05, 0.1) is 23.8 Å². The standard InChI is InChI=1S/C39H50O5/c1-4-6-8-10-11-12-13-14-16-30-42-36-26-24-35(25-27-36)39(41)44-37-28-22-33(23-29-37)32-18-20-34(21-19-32)38(40)43-31(3)17-15-9-7-5-2/h4,18-29,31H,1,5-17,30H2,2-3H3/t31-/m1/s1. The predicted octanol–water partition coefficient (Wildman–Crippen LogP) is 10.8. The van der Waals surface area contributed by atoms with Gasteiger partial charge in [0.1, 0.15) is 11.5 Å². The molecule has 0 saturated carbocycles. The zero-order valence-corrected chi connectivity index (χ0v) is 26.7. The van der Waals surface area contributed by atoms with E-state index in [1.54, 1.807) is 36.4 Å². The van der Waals surface area contributed by atoms with Crippen LogP contribution in [-0.2, 0) is 4.74 Å². The molecule has 0 aliphatic carbocycles. The highest BCUT2D eigenvalue weighted by Crippen LogP contribution is 2.24. The van der Waals surface area contributed by atoms with Gasteiger partial charge in [0.15, 0.2) is 0 Å². The van der Waals surface area contributed by atoms with Crippen LogP contribution in [0.15, 0.2) is 85.5 Å². The Labute approximate surface area is 264 Å². The average Bonchev–Trinajstić information content (AvgIpc) is 3.04. The van der Waals surface area contributed by atoms with Crippen LogP contribution in [0, 0.1) is 0 Å². The fourth-order valence-electron chi connectivity index (χ4n) is 5.00. The summed E-state index contributed by atoms with van der Waals surface area (Å²) in [5.41, 5.74) is 2.92. The van der Waals surface area contributed by atoms with Gasteiger partial charge in [-0.1, -0.05) is 88.6 Å². The van der Waals surface area contributed by atoms with Crippen LogP contribution in [0.1, 0.15) is 118 Å². The quantitative estimate of drug-likeness (QED) is 0.0528. The summed E-state index contributed by atoms with van der Waals surface area (Å²) in [5, 5.41) is 0. The topological polar surface area (TPSA) is 61.8 Å². The molecule has 0 saturated heterocycles. The predicted molar refractivity (Wildman–Crippen MR) is 180 cm³/mol. The summed E-state index contributed by atoms with van der Waals surface area (Å²) in [7, 11) is 0. The van der Waals surface area contributed by atoms with Crippen molar-refractivity contribution in [3.63, 3.8) is 0 Å². The lowest BCUT2D eigenvalue weighted by Gasteiger charge is -2.13. The Balaban J connectivity index is 1.39. The summed E-state index contributed by atoms with van der Waals surface area (Å²) >= 11 is 0. The first kappa shape index (κ1) is 34.6. The second-order valence-corrected chi connectivity index (χ2v) is 11.5. The molecule has 0 aliphatic rings. The molecule has 0 spiro atoms. The molecule has 5 heteroatoms. The van der Waals surface area contributed by atoms with E-state index in [0.29, 0.717) is 23.5 Å². The van der Waals surface area contributed by atoms with Crippen molar-refractivity contribution in [2.75, 3.05) is 6.61 Å². The van der Waals surface area contributed by atoms with Crippen molar-refractivity contribution in [2.24, 2.45) is 0 Å². The van der Waals surface area contributed by atoms with E-state index < -0.39 is 5.97 Å². The van der Waals surface area contributed by atoms with Crippen molar-refractivity contribution in [2.45, 2.75) is 103 Å². The van der Waals surface area contributed by atoms with E-state index in [0.717, 1.165) is 42.6 Å². The maximum atomic E-state index is 12.7. The molecule has 0 aromatic heterocycles. The Kier molecular flexibility index (Phi) is 15.9. The van der Waals surface area contributed by atoms with Gasteiger partial charge in [0, 0.05) is 0 Å². The number of hydrogen-bond acceptors (Lipinski definition) is 5. The van der Waals surface area contributed by atoms with Gasteiger partial charge in [-0.15, -0.1) is 6.58 Å². The highest BCUT2D eigenvalue weighted by Gasteiger charge is 2.13. The third kappa shape index (κ3) is 12.8. The lowest BCUT2D eigenvalue weighted by Crippen LogP contribution is -2.15. The Hall–Kier alpha value is -3.86. The van der Waals surface area contributed by atoms with Gasteiger partial charge in [-0.3, -0.25) is 0 Å². The first-order valence-corrected chi connectivity index (χ1v) is 16.5. The fourth-order valence-corrected chi connectivity index (χ4v) is 5.00. The largest absolute Gasteiger partial charge is 0.494 e. The maximum absolute atomic E-state index is 12.7. The Morgan fingerprint density at radius 2 is 1.18 bits per heavy atom. The first-order chi connectivity index (χ1) is 21.5. The minimum atomic E-state index is -0.417. The molecule has 0 unspecified atom stereocenters. The number of carbonyl (C=O) groups excluding carboxylic acids is 2. The molecule has 1 atom stereocenters. The van der Waals surface area contributed by atoms with E-state index in [9.17, 15) is 9.59 Å². The lowest BCUT2D eigenvalue weighted by molar-refractivity contribution is 0.0319. The van der Waals surface area contributed by atoms with Crippen LogP contribution in [0.25, 0.3) is 11.1 Å². The van der Waals surface area contributed by atoms with Crippen LogP contribution in [0.5, 0.6) is 11.5 Å². The van der Waals surface area contributed by atoms with Gasteiger partial charge in [-0.25, -0.2) is 9.59 Å². The summed E-state index contributed by atoms with van der Waals surface area (Å²) in [6, 6.07) is 21.8. The number of rotatable bonds is 21. The summed E-state index contributed by atoms with van der Waals surface area (Å²) in [6.45, 7) is 8.58. The van der Waals surface area contributed by atoms with E-state index in [4.69, 9.17) is 14.2 Å². The van der Waals surface area contributed by atoms with Gasteiger partial charge >= 0.3 is 11.9 Å². The molecule has 5 nitrogen and oxygen atoms in total. The molecule has 0 bridgehead atoms. The van der Waals surface area contributed by atoms with Crippen LogP contribution in [0.4, 0.5) is 0 Å². The number of carbonyl (C=O) groups is 2. The molecule has 0 amide bonds. The normalized spacial score (nSPS) is 11.5. The number of allylic oxidation sites excluding steroid dienone is 1. The molecule has 0 N–H and O–H groups in total. The molecule has 44 heavy (non-hydrogen) atoms. The second kappa shape index (κ2) is 20.2. The van der Waals surface area contributed by atoms with Crippen molar-refractivity contribution in [3.8, 4) is 22.6 Å². The molecule has 0 heterocycles. The van der Waals surface area contributed by atoms with Crippen molar-refractivity contribution in [1.29, 1.82) is 0 Å². The van der Waals surface area contributed by atoms with Crippen molar-refractivity contribution in [3.05, 3.63) is 96.6 Å². The zero-order chi connectivity index (χ0) is 31.4. The van der Waals surface area contributed by atoms with Crippen LogP contribution in [0.2, 0.25) is 0 Å². The Morgan fingerprint density at radius 3 is 1.82 bits per heavy atom. The molecule has 236 valence electrons. The van der Waals surface area contributed by atoms with Gasteiger partial charge in [0.2, 0.25) is 0 Å². The van der Waals surface area contributed by atoms with Gasteiger partial charge < -0.3 is 14.2 Å². The lowest BCUT2D eigenvalue weighted by atomic mass is 10.0. The van der Waals surface area contributed by atoms with E-state index >= 15 is 0 Å². The molecular formula is C39H50O5. The van der Waals surface area contributed by atoms with E-state index in [2.05, 4.69) is 13.5 Å². The third-order valence-electron chi connectivity index (χ3n) is 7.70. The van der Waals surface area contributed by atoms with Crippen molar-refractivity contribution < 1.29 is 23.8 Å². The summed E-state index contributed by atoms with van der Waals surface area (Å²) < 4.78 is 17.0. The first-order valence-electron chi connectivity index (χ1n) is 16.5. The number of esters is 2. The van der Waals surface area contributed by atoms with Crippen LogP contribution >= 0.6 is 0 Å². The number of unbranched alkanes of at least 4 members (excludes halogenated alkanes) is 10. The molecule has 3 aromatic carbocycles. The van der Waals surface area contributed by atoms with E-state index in [1.807, 2.05) is 49.4 Å². The number of hydrogen-bond donors (Lipinski definition) is 0. The van der Waals surface area contributed by atoms with Crippen molar-refractivity contribution in [1.82, 2.24) is 0 Å². The zero-order valence-electron chi connectivity index (χ0n) is 26.7. The van der Waals surface area contributed by atoms with Gasteiger partial charge in [0.25, 0.3) is 0 Å². The van der Waals surface area contributed by atoms with Crippen LogP contribution in [0.3, 0.4) is 0 Å². The molecule has 0 fully saturated rings. The maximum Gasteiger partial charge on any atom is 0.343 e. The summed E-state index contributed by atoms with van der Waals surface area (Å²) in [6.07, 6.45) is 17.1. The molecule has 0 radical (unpaired) electrons. The molecule has 0 aliphatic heterocycles. The van der Waals surface area contributed by atoms with Crippen LogP contribution in [-0.4, -0.2) is 24.6 Å². The highest BCUT2D eigenvalue weighted by atomic mass is 16.5. The monoisotopic (exact) mass is 598 g/mol. The third-order valence-corrected chi connectivity index (χ3v) is 7.70. The molecule has 3 aromatic rings. The molecule has 3 rings (SSSR count). The smallest absolute Gasteiger partial charge is 0.343 e. The minimum absolute atomic E-state index is 0.0899. The summed E-state index contributed by atoms with van der Waals surface area (Å²) in [4.78, 5) is 25.2. The number of ether oxygens (including phenoxy) is 3. The van der Waals surface area contributed by atoms with Gasteiger partial charge in [-0.2, -0.15) is 0 Å². The van der Waals surface area contributed by atoms with Crippen LogP contribution < -0.4 is 9.47 Å². The minimum Gasteiger partial charge on any atom is -0.494 e. The fraction of sp³-hybridized carbons (Fsp3) is 0.436. The summed E-state index contributed by atoms with van der Waals surface area (Å²) in [5.74, 6) is 0.511. The Morgan fingerprint density at radius 1 is 0.659 bits per heavy atom. The highest BCUT2D eigenvalue weighted by molar-refractivity contribution is 5.91. The van der Waals surface area contributed by atoms with E-state index in [1.165, 1.54) is 57.8 Å². The van der Waals surface area contributed by atoms with Crippen molar-refractivity contribution >= 4 is 11.9 Å². The Bertz CT molecular complexity index is 1250. The average molecular weight is 599 g/mol. The second-order valence-electron chi connectivity index (χ2n) is 11.5.